The lowest BCUT2D eigenvalue weighted by Gasteiger charge is -2.27. The molecule has 2 aliphatic rings. The van der Waals surface area contributed by atoms with Gasteiger partial charge in [0.05, 0.1) is 39.1 Å². The van der Waals surface area contributed by atoms with Crippen molar-refractivity contribution >= 4 is 16.3 Å². The van der Waals surface area contributed by atoms with Crippen LogP contribution in [0.25, 0.3) is 38.7 Å². The van der Waals surface area contributed by atoms with Crippen molar-refractivity contribution < 1.29 is 8.97 Å². The van der Waals surface area contributed by atoms with Crippen LogP contribution in [0.3, 0.4) is 0 Å². The molecular weight excluding hydrogens is 540 g/mol. The quantitative estimate of drug-likeness (QED) is 0.175. The van der Waals surface area contributed by atoms with Crippen LogP contribution in [0.2, 0.25) is 0 Å². The van der Waals surface area contributed by atoms with E-state index < -0.39 is 0 Å². The summed E-state index contributed by atoms with van der Waals surface area (Å²) in [5.74, 6) is -0.226. The fourth-order valence-corrected chi connectivity index (χ4v) is 7.55. The Hall–Kier alpha value is -6.34. The second-order valence-electron chi connectivity index (χ2n) is 11.4. The van der Waals surface area contributed by atoms with Crippen LogP contribution >= 0.6 is 0 Å². The number of pyridine rings is 3. The van der Waals surface area contributed by atoms with Crippen LogP contribution in [0, 0.1) is 52.2 Å². The molecule has 8 rings (SSSR count). The van der Waals surface area contributed by atoms with Crippen molar-refractivity contribution in [3.8, 4) is 46.7 Å². The lowest BCUT2D eigenvalue weighted by Crippen LogP contribution is -2.50. The van der Waals surface area contributed by atoms with Crippen LogP contribution in [0.5, 0.6) is 0 Å². The zero-order valence-electron chi connectivity index (χ0n) is 23.7. The van der Waals surface area contributed by atoms with Crippen LogP contribution in [0.15, 0.2) is 91.3 Å². The van der Waals surface area contributed by atoms with Gasteiger partial charge < -0.3 is 0 Å². The molecule has 3 aromatic carbocycles. The average molecular weight is 563 g/mol. The molecule has 4 heterocycles. The van der Waals surface area contributed by atoms with Gasteiger partial charge in [-0.25, -0.2) is 0 Å². The van der Waals surface area contributed by atoms with E-state index >= 15 is 0 Å². The summed E-state index contributed by atoms with van der Waals surface area (Å²) in [5.41, 5.74) is 9.01. The second kappa shape index (κ2) is 9.34. The van der Waals surface area contributed by atoms with Gasteiger partial charge in [0.25, 0.3) is 5.69 Å². The minimum Gasteiger partial charge on any atom is -0.192 e. The molecule has 2 unspecified atom stereocenters. The van der Waals surface area contributed by atoms with Gasteiger partial charge >= 0.3 is 0 Å². The first kappa shape index (κ1) is 25.4. The molecule has 3 aromatic heterocycles. The lowest BCUT2D eigenvalue weighted by atomic mass is 9.76. The number of benzene rings is 3. The highest BCUT2D eigenvalue weighted by molar-refractivity contribution is 5.98. The summed E-state index contributed by atoms with van der Waals surface area (Å²) in [7, 11) is 0. The summed E-state index contributed by atoms with van der Waals surface area (Å²) in [5, 5.41) is 43.4. The highest BCUT2D eigenvalue weighted by Crippen LogP contribution is 2.52. The van der Waals surface area contributed by atoms with E-state index in [9.17, 15) is 21.0 Å². The fraction of sp³-hybridized carbons (Fsp3) is 0.105. The molecule has 0 saturated heterocycles. The summed E-state index contributed by atoms with van der Waals surface area (Å²) >= 11 is 0. The van der Waals surface area contributed by atoms with E-state index in [2.05, 4.69) is 94.2 Å². The topological polar surface area (TPSA) is 103 Å². The minimum atomic E-state index is -0.226. The van der Waals surface area contributed by atoms with Crippen LogP contribution in [-0.4, -0.2) is 0 Å². The zero-order chi connectivity index (χ0) is 30.1. The molecular formula is C38H22N6+2. The second-order valence-corrected chi connectivity index (χ2v) is 11.4. The molecule has 0 spiro atoms. The largest absolute Gasteiger partial charge is 0.261 e. The number of hydrogen-bond donors (Lipinski definition) is 0. The summed E-state index contributed by atoms with van der Waals surface area (Å²) in [6.45, 7) is 2.04. The van der Waals surface area contributed by atoms with Gasteiger partial charge in [0.2, 0.25) is 17.3 Å². The highest BCUT2D eigenvalue weighted by Gasteiger charge is 2.54. The zero-order valence-corrected chi connectivity index (χ0v) is 23.7. The summed E-state index contributed by atoms with van der Waals surface area (Å²) < 4.78 is 4.50. The van der Waals surface area contributed by atoms with Crippen molar-refractivity contribution in [2.24, 2.45) is 0 Å². The number of fused-ring (bicyclic) bond motifs is 13. The maximum atomic E-state index is 10.5. The fourth-order valence-electron chi connectivity index (χ4n) is 7.55. The number of hydrogen-bond acceptors (Lipinski definition) is 4. The molecule has 2 atom stereocenters. The van der Waals surface area contributed by atoms with Gasteiger partial charge in [0.15, 0.2) is 12.4 Å². The predicted octanol–water partition coefficient (Wildman–Crippen LogP) is 6.24. The first-order valence-electron chi connectivity index (χ1n) is 14.4. The van der Waals surface area contributed by atoms with Gasteiger partial charge in [-0.15, -0.1) is 0 Å². The Labute approximate surface area is 253 Å². The Balaban J connectivity index is 1.52. The molecule has 0 radical (unpaired) electrons. The summed E-state index contributed by atoms with van der Waals surface area (Å²) in [4.78, 5) is 0. The number of aryl methyl sites for hydroxylation is 1. The van der Waals surface area contributed by atoms with Crippen molar-refractivity contribution in [3.05, 3.63) is 136 Å². The van der Waals surface area contributed by atoms with Crippen molar-refractivity contribution in [2.45, 2.75) is 25.3 Å². The van der Waals surface area contributed by atoms with Crippen LogP contribution in [-0.2, 0) is 6.42 Å². The Morgan fingerprint density at radius 2 is 1.39 bits per heavy atom. The molecule has 6 nitrogen and oxygen atoms in total. The van der Waals surface area contributed by atoms with Gasteiger partial charge in [-0.3, -0.25) is 0 Å². The van der Waals surface area contributed by atoms with Crippen molar-refractivity contribution in [1.29, 1.82) is 21.0 Å². The molecule has 44 heavy (non-hydrogen) atoms. The predicted molar refractivity (Wildman–Crippen MR) is 163 cm³/mol. The normalized spacial score (nSPS) is 15.7. The SMILES string of the molecule is Cc1ccc2[n+](c1)C1c3c(c4ccccc4c4cc(-c5ccccc5)cc[n+]34)CC1c1c(C#N)c(C#N)c(C#N)c(C#N)c1-2. The third-order valence-electron chi connectivity index (χ3n) is 9.28. The van der Waals surface area contributed by atoms with Crippen molar-refractivity contribution in [1.82, 2.24) is 0 Å². The van der Waals surface area contributed by atoms with E-state index in [-0.39, 0.29) is 34.2 Å². The average Bonchev–Trinajstić information content (AvgIpc) is 3.48. The van der Waals surface area contributed by atoms with Crippen LogP contribution < -0.4 is 8.97 Å². The molecule has 0 N–H and O–H groups in total. The van der Waals surface area contributed by atoms with E-state index in [1.54, 1.807) is 0 Å². The minimum absolute atomic E-state index is 0.0181. The Bertz CT molecular complexity index is 2430. The third-order valence-corrected chi connectivity index (χ3v) is 9.28. The molecule has 0 saturated carbocycles. The number of nitrogens with zero attached hydrogens (tertiary/aromatic N) is 6. The van der Waals surface area contributed by atoms with Crippen molar-refractivity contribution in [2.75, 3.05) is 0 Å². The molecule has 1 aliphatic heterocycles. The van der Waals surface area contributed by atoms with Gasteiger partial charge in [0.1, 0.15) is 24.3 Å². The summed E-state index contributed by atoms with van der Waals surface area (Å²) in [6, 6.07) is 35.6. The lowest BCUT2D eigenvalue weighted by molar-refractivity contribution is -0.724. The van der Waals surface area contributed by atoms with Gasteiger partial charge in [-0.1, -0.05) is 48.5 Å². The molecule has 6 aromatic rings. The number of nitriles is 4. The smallest absolute Gasteiger partial charge is 0.192 e. The molecule has 0 fully saturated rings. The molecule has 6 heteroatoms. The Morgan fingerprint density at radius 1 is 0.705 bits per heavy atom. The standard InChI is InChI=1S/C38H22N6/c1-22-11-12-33-36-32(20-42)30(18-40)29(17-39)31(19-41)35(36)28-16-27-25-9-5-6-10-26(25)34-15-24(23-7-3-2-4-8-23)13-14-43(34)37(27)38(28)44(33)21-22/h2-15,21,28,38H,16H2,1H3/q+2. The first-order chi connectivity index (χ1) is 21.6. The van der Waals surface area contributed by atoms with E-state index in [0.717, 1.165) is 44.4 Å². The van der Waals surface area contributed by atoms with E-state index in [4.69, 9.17) is 0 Å². The van der Waals surface area contributed by atoms with E-state index in [0.29, 0.717) is 17.5 Å². The molecule has 0 bridgehead atoms. The van der Waals surface area contributed by atoms with Crippen molar-refractivity contribution in [3.63, 3.8) is 0 Å². The Morgan fingerprint density at radius 3 is 2.11 bits per heavy atom. The van der Waals surface area contributed by atoms with E-state index in [1.807, 2.05) is 37.3 Å². The molecule has 202 valence electrons. The molecule has 0 amide bonds. The molecule has 1 aliphatic carbocycles. The Kier molecular flexibility index (Phi) is 5.38. The maximum Gasteiger partial charge on any atom is 0.261 e. The monoisotopic (exact) mass is 562 g/mol. The maximum absolute atomic E-state index is 10.5. The summed E-state index contributed by atoms with van der Waals surface area (Å²) in [6.07, 6.45) is 4.86. The van der Waals surface area contributed by atoms with Gasteiger partial charge in [-0.2, -0.15) is 30.0 Å². The number of rotatable bonds is 1. The van der Waals surface area contributed by atoms with Crippen LogP contribution in [0.4, 0.5) is 0 Å². The highest BCUT2D eigenvalue weighted by atomic mass is 15.1. The van der Waals surface area contributed by atoms with Gasteiger partial charge in [0, 0.05) is 29.3 Å². The number of aromatic nitrogens is 2. The first-order valence-corrected chi connectivity index (χ1v) is 14.4. The van der Waals surface area contributed by atoms with E-state index in [1.165, 1.54) is 5.56 Å². The third kappa shape index (κ3) is 3.26. The van der Waals surface area contributed by atoms with Crippen LogP contribution in [0.1, 0.15) is 56.6 Å². The van der Waals surface area contributed by atoms with Gasteiger partial charge in [-0.05, 0) is 47.6 Å².